The molecule has 1 unspecified atom stereocenters. The van der Waals surface area contributed by atoms with Crippen molar-refractivity contribution in [3.8, 4) is 0 Å². The van der Waals surface area contributed by atoms with Crippen molar-refractivity contribution in [3.05, 3.63) is 16.0 Å². The quantitative estimate of drug-likeness (QED) is 0.744. The van der Waals surface area contributed by atoms with Crippen LogP contribution in [0.1, 0.15) is 40.2 Å². The van der Waals surface area contributed by atoms with Crippen LogP contribution in [0.3, 0.4) is 0 Å². The van der Waals surface area contributed by atoms with E-state index in [9.17, 15) is 0 Å². The van der Waals surface area contributed by atoms with Crippen molar-refractivity contribution in [2.75, 3.05) is 0 Å². The van der Waals surface area contributed by atoms with E-state index in [0.29, 0.717) is 6.04 Å². The lowest BCUT2D eigenvalue weighted by molar-refractivity contribution is -0.0737. The minimum absolute atomic E-state index is 0.0500. The summed E-state index contributed by atoms with van der Waals surface area (Å²) in [5.74, 6) is 0. The first-order valence-corrected chi connectivity index (χ1v) is 6.29. The van der Waals surface area contributed by atoms with Crippen LogP contribution >= 0.6 is 22.6 Å². The van der Waals surface area contributed by atoms with Gasteiger partial charge in [-0.2, -0.15) is 5.10 Å². The van der Waals surface area contributed by atoms with Crippen molar-refractivity contribution in [1.29, 1.82) is 0 Å². The molecule has 1 atom stereocenters. The number of rotatable bonds is 1. The molecular weight excluding hydrogens is 303 g/mol. The highest BCUT2D eigenvalue weighted by atomic mass is 127. The SMILES string of the molecule is CC1(C)CC(n2ccc(I)n2)C(C)(C)O1. The van der Waals surface area contributed by atoms with E-state index >= 15 is 0 Å². The zero-order valence-corrected chi connectivity index (χ0v) is 11.8. The Labute approximate surface area is 104 Å². The number of hydrogen-bond donors (Lipinski definition) is 0. The normalized spacial score (nSPS) is 28.2. The van der Waals surface area contributed by atoms with Crippen molar-refractivity contribution in [1.82, 2.24) is 9.78 Å². The summed E-state index contributed by atoms with van der Waals surface area (Å²) in [4.78, 5) is 0. The van der Waals surface area contributed by atoms with Crippen LogP contribution in [0.25, 0.3) is 0 Å². The summed E-state index contributed by atoms with van der Waals surface area (Å²) >= 11 is 2.23. The standard InChI is InChI=1S/C11H17IN2O/c1-10(2)7-8(11(3,4)15-10)14-6-5-9(12)13-14/h5-6,8H,7H2,1-4H3. The minimum Gasteiger partial charge on any atom is -0.367 e. The number of ether oxygens (including phenoxy) is 1. The fourth-order valence-corrected chi connectivity index (χ4v) is 2.84. The van der Waals surface area contributed by atoms with Gasteiger partial charge in [0, 0.05) is 12.6 Å². The number of hydrogen-bond acceptors (Lipinski definition) is 2. The molecule has 3 nitrogen and oxygen atoms in total. The Bertz CT molecular complexity index is 370. The first-order chi connectivity index (χ1) is 6.80. The van der Waals surface area contributed by atoms with Gasteiger partial charge in [0.05, 0.1) is 17.2 Å². The second kappa shape index (κ2) is 3.45. The lowest BCUT2D eigenvalue weighted by Gasteiger charge is -2.27. The lowest BCUT2D eigenvalue weighted by atomic mass is 9.95. The Kier molecular flexibility index (Phi) is 2.62. The first-order valence-electron chi connectivity index (χ1n) is 5.21. The second-order valence-corrected chi connectivity index (χ2v) is 6.41. The van der Waals surface area contributed by atoms with Crippen molar-refractivity contribution in [3.63, 3.8) is 0 Å². The van der Waals surface area contributed by atoms with Gasteiger partial charge in [-0.05, 0) is 56.4 Å². The Balaban J connectivity index is 2.30. The highest BCUT2D eigenvalue weighted by Gasteiger charge is 2.47. The Morgan fingerprint density at radius 2 is 2.13 bits per heavy atom. The molecule has 84 valence electrons. The van der Waals surface area contributed by atoms with E-state index in [1.807, 2.05) is 16.9 Å². The summed E-state index contributed by atoms with van der Waals surface area (Å²) in [5, 5.41) is 4.48. The van der Waals surface area contributed by atoms with Crippen LogP contribution in [0.4, 0.5) is 0 Å². The third-order valence-electron chi connectivity index (χ3n) is 2.92. The maximum absolute atomic E-state index is 6.05. The molecule has 1 aliphatic heterocycles. The molecule has 0 saturated carbocycles. The minimum atomic E-state index is -0.140. The molecule has 4 heteroatoms. The number of halogens is 1. The molecule has 1 saturated heterocycles. The van der Waals surface area contributed by atoms with Gasteiger partial charge in [0.2, 0.25) is 0 Å². The zero-order chi connectivity index (χ0) is 11.3. The van der Waals surface area contributed by atoms with Gasteiger partial charge in [0.25, 0.3) is 0 Å². The molecule has 0 N–H and O–H groups in total. The van der Waals surface area contributed by atoms with Crippen molar-refractivity contribution in [2.24, 2.45) is 0 Å². The van der Waals surface area contributed by atoms with Gasteiger partial charge in [-0.3, -0.25) is 4.68 Å². The molecule has 2 rings (SSSR count). The molecule has 15 heavy (non-hydrogen) atoms. The fourth-order valence-electron chi connectivity index (χ4n) is 2.43. The van der Waals surface area contributed by atoms with E-state index in [2.05, 4.69) is 55.4 Å². The van der Waals surface area contributed by atoms with Crippen LogP contribution in [-0.2, 0) is 4.74 Å². The topological polar surface area (TPSA) is 27.1 Å². The highest BCUT2D eigenvalue weighted by Crippen LogP contribution is 2.44. The summed E-state index contributed by atoms with van der Waals surface area (Å²) in [7, 11) is 0. The predicted octanol–water partition coefficient (Wildman–Crippen LogP) is 3.01. The molecule has 0 aliphatic carbocycles. The van der Waals surface area contributed by atoms with E-state index in [1.165, 1.54) is 0 Å². The van der Waals surface area contributed by atoms with Crippen LogP contribution in [0.2, 0.25) is 0 Å². The number of nitrogens with zero attached hydrogens (tertiary/aromatic N) is 2. The largest absolute Gasteiger partial charge is 0.367 e. The summed E-state index contributed by atoms with van der Waals surface area (Å²) in [6, 6.07) is 2.36. The summed E-state index contributed by atoms with van der Waals surface area (Å²) in [6.07, 6.45) is 3.05. The molecular formula is C11H17IN2O. The molecule has 1 aliphatic rings. The fraction of sp³-hybridized carbons (Fsp3) is 0.727. The van der Waals surface area contributed by atoms with Gasteiger partial charge in [0.15, 0.2) is 0 Å². The summed E-state index contributed by atoms with van der Waals surface area (Å²) < 4.78 is 9.12. The molecule has 0 bridgehead atoms. The molecule has 0 aromatic carbocycles. The maximum atomic E-state index is 6.05. The predicted molar refractivity (Wildman–Crippen MR) is 67.8 cm³/mol. The molecule has 0 spiro atoms. The van der Waals surface area contributed by atoms with Crippen LogP contribution in [0, 0.1) is 3.70 Å². The smallest absolute Gasteiger partial charge is 0.123 e. The molecule has 1 fully saturated rings. The first kappa shape index (κ1) is 11.4. The summed E-state index contributed by atoms with van der Waals surface area (Å²) in [5.41, 5.74) is -0.190. The van der Waals surface area contributed by atoms with Gasteiger partial charge in [-0.1, -0.05) is 0 Å². The van der Waals surface area contributed by atoms with Crippen LogP contribution in [-0.4, -0.2) is 21.0 Å². The Morgan fingerprint density at radius 3 is 2.53 bits per heavy atom. The Hall–Kier alpha value is -0.100. The van der Waals surface area contributed by atoms with Gasteiger partial charge < -0.3 is 4.74 Å². The van der Waals surface area contributed by atoms with E-state index in [1.54, 1.807) is 0 Å². The lowest BCUT2D eigenvalue weighted by Crippen LogP contribution is -2.31. The van der Waals surface area contributed by atoms with Gasteiger partial charge >= 0.3 is 0 Å². The molecule has 0 amide bonds. The zero-order valence-electron chi connectivity index (χ0n) is 9.62. The van der Waals surface area contributed by atoms with Crippen LogP contribution < -0.4 is 0 Å². The van der Waals surface area contributed by atoms with E-state index in [0.717, 1.165) is 10.1 Å². The Morgan fingerprint density at radius 1 is 1.47 bits per heavy atom. The molecule has 1 aromatic rings. The second-order valence-electron chi connectivity index (χ2n) is 5.30. The molecule has 1 aromatic heterocycles. The van der Waals surface area contributed by atoms with Gasteiger partial charge in [-0.25, -0.2) is 0 Å². The van der Waals surface area contributed by atoms with E-state index < -0.39 is 0 Å². The summed E-state index contributed by atoms with van der Waals surface area (Å²) in [6.45, 7) is 8.56. The highest BCUT2D eigenvalue weighted by molar-refractivity contribution is 14.1. The average Bonchev–Trinajstić information content (AvgIpc) is 2.52. The van der Waals surface area contributed by atoms with Crippen molar-refractivity contribution < 1.29 is 4.74 Å². The van der Waals surface area contributed by atoms with E-state index in [-0.39, 0.29) is 11.2 Å². The number of aromatic nitrogens is 2. The van der Waals surface area contributed by atoms with Crippen LogP contribution in [0.5, 0.6) is 0 Å². The maximum Gasteiger partial charge on any atom is 0.123 e. The van der Waals surface area contributed by atoms with Gasteiger partial charge in [0.1, 0.15) is 3.70 Å². The van der Waals surface area contributed by atoms with Crippen molar-refractivity contribution in [2.45, 2.75) is 51.4 Å². The third-order valence-corrected chi connectivity index (χ3v) is 3.50. The van der Waals surface area contributed by atoms with Crippen LogP contribution in [0.15, 0.2) is 12.3 Å². The van der Waals surface area contributed by atoms with Gasteiger partial charge in [-0.15, -0.1) is 0 Å². The monoisotopic (exact) mass is 320 g/mol. The third kappa shape index (κ3) is 2.20. The average molecular weight is 320 g/mol. The van der Waals surface area contributed by atoms with Crippen molar-refractivity contribution >= 4 is 22.6 Å². The molecule has 2 heterocycles. The molecule has 0 radical (unpaired) electrons. The van der Waals surface area contributed by atoms with E-state index in [4.69, 9.17) is 4.74 Å².